The summed E-state index contributed by atoms with van der Waals surface area (Å²) in [7, 11) is 0. The number of nitrogens with one attached hydrogen (secondary N) is 1. The Balaban J connectivity index is 2.83. The summed E-state index contributed by atoms with van der Waals surface area (Å²) < 4.78 is 13.4. The van der Waals surface area contributed by atoms with Crippen molar-refractivity contribution in [1.29, 1.82) is 0 Å². The first-order chi connectivity index (χ1) is 8.45. The molecule has 0 bridgehead atoms. The molecule has 7 heteroatoms. The first-order valence-electron chi connectivity index (χ1n) is 5.05. The molecule has 1 aromatic rings. The second-order valence-electron chi connectivity index (χ2n) is 3.50. The van der Waals surface area contributed by atoms with E-state index in [1.54, 1.807) is 0 Å². The smallest absolute Gasteiger partial charge is 0.326 e. The van der Waals surface area contributed by atoms with E-state index in [4.69, 9.17) is 21.8 Å². The number of benzene rings is 1. The number of carboxylic acid groups (broad SMARTS) is 1. The average molecular weight is 276 g/mol. The Morgan fingerprint density at radius 3 is 2.61 bits per heavy atom. The maximum Gasteiger partial charge on any atom is 0.326 e. The number of hydrogen-bond donors (Lipinski definition) is 3. The molecule has 1 amide bonds. The van der Waals surface area contributed by atoms with Crippen molar-refractivity contribution in [3.05, 3.63) is 34.6 Å². The molecule has 0 heterocycles. The fourth-order valence-electron chi connectivity index (χ4n) is 1.30. The molecule has 1 atom stereocenters. The molecule has 0 spiro atoms. The zero-order chi connectivity index (χ0) is 13.7. The number of carbonyl (C=O) groups is 2. The number of halogens is 2. The minimum Gasteiger partial charge on any atom is -0.480 e. The van der Waals surface area contributed by atoms with Crippen LogP contribution in [-0.4, -0.2) is 34.7 Å². The van der Waals surface area contributed by atoms with Gasteiger partial charge in [-0.2, -0.15) is 0 Å². The molecule has 0 saturated heterocycles. The van der Waals surface area contributed by atoms with Crippen molar-refractivity contribution < 1.29 is 24.2 Å². The van der Waals surface area contributed by atoms with Crippen LogP contribution < -0.4 is 5.32 Å². The second kappa shape index (κ2) is 6.32. The summed E-state index contributed by atoms with van der Waals surface area (Å²) in [6, 6.07) is 2.17. The van der Waals surface area contributed by atoms with Crippen LogP contribution in [0, 0.1) is 5.82 Å². The highest BCUT2D eigenvalue weighted by molar-refractivity contribution is 6.30. The SMILES string of the molecule is O=C(N[C@@H](CCO)C(=O)O)c1ccc(Cl)cc1F. The molecule has 0 fully saturated rings. The largest absolute Gasteiger partial charge is 0.480 e. The highest BCUT2D eigenvalue weighted by atomic mass is 35.5. The third-order valence-corrected chi connectivity index (χ3v) is 2.43. The van der Waals surface area contributed by atoms with Gasteiger partial charge in [-0.05, 0) is 18.2 Å². The van der Waals surface area contributed by atoms with Gasteiger partial charge in [-0.3, -0.25) is 4.79 Å². The number of carboxylic acids is 1. The van der Waals surface area contributed by atoms with Gasteiger partial charge in [0.25, 0.3) is 5.91 Å². The summed E-state index contributed by atoms with van der Waals surface area (Å²) in [5.41, 5.74) is -0.302. The molecule has 1 rings (SSSR count). The first kappa shape index (κ1) is 14.4. The Labute approximate surface area is 107 Å². The molecule has 0 aliphatic rings. The summed E-state index contributed by atoms with van der Waals surface area (Å²) in [5, 5.41) is 19.7. The summed E-state index contributed by atoms with van der Waals surface area (Å²) in [4.78, 5) is 22.4. The Morgan fingerprint density at radius 2 is 2.11 bits per heavy atom. The van der Waals surface area contributed by atoms with Crippen molar-refractivity contribution in [2.24, 2.45) is 0 Å². The van der Waals surface area contributed by atoms with E-state index in [0.29, 0.717) is 0 Å². The van der Waals surface area contributed by atoms with Crippen LogP contribution in [0.15, 0.2) is 18.2 Å². The maximum atomic E-state index is 13.4. The van der Waals surface area contributed by atoms with Crippen LogP contribution in [0.2, 0.25) is 5.02 Å². The van der Waals surface area contributed by atoms with E-state index in [0.717, 1.165) is 12.1 Å². The van der Waals surface area contributed by atoms with E-state index in [1.807, 2.05) is 0 Å². The van der Waals surface area contributed by atoms with Crippen LogP contribution in [0.25, 0.3) is 0 Å². The molecule has 0 radical (unpaired) electrons. The predicted molar refractivity (Wildman–Crippen MR) is 62.0 cm³/mol. The molecule has 5 nitrogen and oxygen atoms in total. The number of rotatable bonds is 5. The van der Waals surface area contributed by atoms with E-state index in [9.17, 15) is 14.0 Å². The fourth-order valence-corrected chi connectivity index (χ4v) is 1.45. The predicted octanol–water partition coefficient (Wildman–Crippen LogP) is 1.04. The van der Waals surface area contributed by atoms with Gasteiger partial charge in [0.2, 0.25) is 0 Å². The van der Waals surface area contributed by atoms with Crippen LogP contribution in [0.3, 0.4) is 0 Å². The van der Waals surface area contributed by atoms with Crippen LogP contribution in [0.4, 0.5) is 4.39 Å². The first-order valence-corrected chi connectivity index (χ1v) is 5.43. The lowest BCUT2D eigenvalue weighted by atomic mass is 10.1. The Bertz CT molecular complexity index is 466. The summed E-state index contributed by atoms with van der Waals surface area (Å²) in [5.74, 6) is -3.01. The van der Waals surface area contributed by atoms with Gasteiger partial charge >= 0.3 is 5.97 Å². The van der Waals surface area contributed by atoms with Crippen molar-refractivity contribution in [3.8, 4) is 0 Å². The fraction of sp³-hybridized carbons (Fsp3) is 0.273. The highest BCUT2D eigenvalue weighted by Gasteiger charge is 2.21. The van der Waals surface area contributed by atoms with Gasteiger partial charge in [0.05, 0.1) is 5.56 Å². The molecule has 0 unspecified atom stereocenters. The number of hydrogen-bond acceptors (Lipinski definition) is 3. The molecule has 18 heavy (non-hydrogen) atoms. The number of aliphatic carboxylic acids is 1. The van der Waals surface area contributed by atoms with Gasteiger partial charge in [-0.1, -0.05) is 11.6 Å². The minimum atomic E-state index is -1.30. The van der Waals surface area contributed by atoms with Crippen molar-refractivity contribution >= 4 is 23.5 Å². The Hall–Kier alpha value is -1.66. The lowest BCUT2D eigenvalue weighted by Gasteiger charge is -2.13. The zero-order valence-electron chi connectivity index (χ0n) is 9.19. The standard InChI is InChI=1S/C11H11ClFNO4/c12-6-1-2-7(8(13)5-6)10(16)14-9(3-4-15)11(17)18/h1-2,5,9,15H,3-4H2,(H,14,16)(H,17,18)/t9-/m0/s1. The second-order valence-corrected chi connectivity index (χ2v) is 3.94. The Morgan fingerprint density at radius 1 is 1.44 bits per heavy atom. The van der Waals surface area contributed by atoms with E-state index in [-0.39, 0.29) is 17.0 Å². The van der Waals surface area contributed by atoms with Gasteiger partial charge in [0, 0.05) is 18.1 Å². The number of aliphatic hydroxyl groups is 1. The number of carbonyl (C=O) groups excluding carboxylic acids is 1. The van der Waals surface area contributed by atoms with Gasteiger partial charge < -0.3 is 15.5 Å². The van der Waals surface area contributed by atoms with Gasteiger partial charge in [0.1, 0.15) is 11.9 Å². The molecule has 0 aliphatic heterocycles. The van der Waals surface area contributed by atoms with E-state index < -0.39 is 30.3 Å². The molecule has 3 N–H and O–H groups in total. The van der Waals surface area contributed by atoms with Crippen LogP contribution >= 0.6 is 11.6 Å². The molecular weight excluding hydrogens is 265 g/mol. The highest BCUT2D eigenvalue weighted by Crippen LogP contribution is 2.14. The minimum absolute atomic E-state index is 0.134. The normalized spacial score (nSPS) is 11.9. The maximum absolute atomic E-state index is 13.4. The van der Waals surface area contributed by atoms with E-state index in [1.165, 1.54) is 6.07 Å². The topological polar surface area (TPSA) is 86.6 Å². The number of aliphatic hydroxyl groups excluding tert-OH is 1. The van der Waals surface area contributed by atoms with Gasteiger partial charge in [0.15, 0.2) is 0 Å². The van der Waals surface area contributed by atoms with Crippen molar-refractivity contribution in [2.45, 2.75) is 12.5 Å². The molecule has 0 aromatic heterocycles. The molecule has 1 aromatic carbocycles. The summed E-state index contributed by atoms with van der Waals surface area (Å²) in [6.07, 6.45) is -0.156. The Kier molecular flexibility index (Phi) is 5.06. The van der Waals surface area contributed by atoms with Crippen molar-refractivity contribution in [3.63, 3.8) is 0 Å². The lowest BCUT2D eigenvalue weighted by molar-refractivity contribution is -0.139. The monoisotopic (exact) mass is 275 g/mol. The molecular formula is C11H11ClFNO4. The average Bonchev–Trinajstić information content (AvgIpc) is 2.27. The molecule has 98 valence electrons. The van der Waals surface area contributed by atoms with Crippen molar-refractivity contribution in [2.75, 3.05) is 6.61 Å². The lowest BCUT2D eigenvalue weighted by Crippen LogP contribution is -2.41. The summed E-state index contributed by atoms with van der Waals surface area (Å²) in [6.45, 7) is -0.402. The van der Waals surface area contributed by atoms with Gasteiger partial charge in [-0.15, -0.1) is 0 Å². The quantitative estimate of drug-likeness (QED) is 0.749. The van der Waals surface area contributed by atoms with Gasteiger partial charge in [-0.25, -0.2) is 9.18 Å². The molecule has 0 saturated carbocycles. The third-order valence-electron chi connectivity index (χ3n) is 2.20. The van der Waals surface area contributed by atoms with Crippen LogP contribution in [0.5, 0.6) is 0 Å². The van der Waals surface area contributed by atoms with E-state index >= 15 is 0 Å². The molecule has 0 aliphatic carbocycles. The van der Waals surface area contributed by atoms with Crippen LogP contribution in [-0.2, 0) is 4.79 Å². The van der Waals surface area contributed by atoms with Crippen molar-refractivity contribution in [1.82, 2.24) is 5.32 Å². The van der Waals surface area contributed by atoms with E-state index in [2.05, 4.69) is 5.32 Å². The number of amides is 1. The zero-order valence-corrected chi connectivity index (χ0v) is 9.95. The summed E-state index contributed by atoms with van der Waals surface area (Å²) >= 11 is 5.53. The third kappa shape index (κ3) is 3.68. The van der Waals surface area contributed by atoms with Crippen LogP contribution in [0.1, 0.15) is 16.8 Å².